The average Bonchev–Trinajstić information content (AvgIpc) is 3.17. The summed E-state index contributed by atoms with van der Waals surface area (Å²) in [4.78, 5) is 31.5. The Bertz CT molecular complexity index is 955. The quantitative estimate of drug-likeness (QED) is 0.707. The van der Waals surface area contributed by atoms with Crippen LogP contribution in [0.25, 0.3) is 0 Å². The molecule has 33 heavy (non-hydrogen) atoms. The maximum atomic E-state index is 13.7. The zero-order chi connectivity index (χ0) is 23.7. The fraction of sp³-hybridized carbons (Fsp3) is 0.696. The van der Waals surface area contributed by atoms with Crippen LogP contribution in [0.1, 0.15) is 44.1 Å². The van der Waals surface area contributed by atoms with Gasteiger partial charge in [-0.05, 0) is 74.3 Å². The van der Waals surface area contributed by atoms with Crippen molar-refractivity contribution in [2.75, 3.05) is 18.5 Å². The summed E-state index contributed by atoms with van der Waals surface area (Å²) in [6.07, 6.45) is 0.112. The van der Waals surface area contributed by atoms with Gasteiger partial charge in [0.05, 0.1) is 17.6 Å². The summed E-state index contributed by atoms with van der Waals surface area (Å²) in [6, 6.07) is 1.40. The predicted octanol–water partition coefficient (Wildman–Crippen LogP) is 3.59. The molecule has 7 nitrogen and oxygen atoms in total. The first-order chi connectivity index (χ1) is 15.5. The number of aromatic nitrogens is 1. The summed E-state index contributed by atoms with van der Waals surface area (Å²) in [7, 11) is 1.58. The minimum Gasteiger partial charge on any atom is -0.465 e. The van der Waals surface area contributed by atoms with Crippen LogP contribution in [0.4, 0.5) is 23.8 Å². The van der Waals surface area contributed by atoms with Gasteiger partial charge in [0.15, 0.2) is 0 Å². The highest BCUT2D eigenvalue weighted by Gasteiger charge is 2.62. The summed E-state index contributed by atoms with van der Waals surface area (Å²) >= 11 is 0. The molecule has 1 aromatic rings. The Morgan fingerprint density at radius 2 is 1.91 bits per heavy atom. The fourth-order valence-electron chi connectivity index (χ4n) is 7.89. The molecule has 5 aliphatic rings. The monoisotopic (exact) mass is 466 g/mol. The van der Waals surface area contributed by atoms with E-state index in [0.29, 0.717) is 25.2 Å². The number of likely N-dealkylation sites (tertiary alicyclic amines) is 1. The Kier molecular flexibility index (Phi) is 5.06. The number of hydrogen-bond acceptors (Lipinski definition) is 4. The molecule has 7 atom stereocenters. The van der Waals surface area contributed by atoms with E-state index in [1.807, 2.05) is 0 Å². The third-order valence-electron chi connectivity index (χ3n) is 8.85. The topological polar surface area (TPSA) is 99.8 Å². The third-order valence-corrected chi connectivity index (χ3v) is 8.85. The van der Waals surface area contributed by atoms with Crippen LogP contribution in [0.2, 0.25) is 0 Å². The number of amides is 2. The molecule has 180 valence electrons. The second-order valence-corrected chi connectivity index (χ2v) is 10.5. The van der Waals surface area contributed by atoms with Gasteiger partial charge >= 0.3 is 12.3 Å². The lowest BCUT2D eigenvalue weighted by Crippen LogP contribution is -2.62. The minimum absolute atomic E-state index is 0.00174. The molecule has 5 unspecified atom stereocenters. The molecular formula is C23H29F3N4O3. The molecule has 3 N–H and O–H groups in total. The van der Waals surface area contributed by atoms with Crippen LogP contribution >= 0.6 is 0 Å². The van der Waals surface area contributed by atoms with Gasteiger partial charge in [0.2, 0.25) is 5.91 Å². The lowest BCUT2D eigenvalue weighted by molar-refractivity contribution is -0.154. The first-order valence-electron chi connectivity index (χ1n) is 11.6. The highest BCUT2D eigenvalue weighted by atomic mass is 19.4. The molecule has 5 fully saturated rings. The number of rotatable bonds is 4. The number of carbonyl (C=O) groups excluding carboxylic acids is 1. The lowest BCUT2D eigenvalue weighted by atomic mass is 9.44. The van der Waals surface area contributed by atoms with Crippen LogP contribution in [0, 0.1) is 29.1 Å². The van der Waals surface area contributed by atoms with Gasteiger partial charge in [0.25, 0.3) is 0 Å². The Hall–Kier alpha value is -2.52. The normalized spacial score (nSPS) is 37.4. The number of halogens is 3. The van der Waals surface area contributed by atoms with Crippen molar-refractivity contribution >= 4 is 17.8 Å². The zero-order valence-corrected chi connectivity index (χ0v) is 18.5. The third kappa shape index (κ3) is 3.44. The number of pyridine rings is 1. The van der Waals surface area contributed by atoms with Gasteiger partial charge in [0.1, 0.15) is 5.82 Å². The Morgan fingerprint density at radius 3 is 2.48 bits per heavy atom. The molecule has 4 bridgehead atoms. The summed E-state index contributed by atoms with van der Waals surface area (Å²) in [6.45, 7) is 0.267. The molecular weight excluding hydrogens is 437 g/mol. The summed E-state index contributed by atoms with van der Waals surface area (Å²) < 4.78 is 41.1. The molecule has 4 saturated carbocycles. The summed E-state index contributed by atoms with van der Waals surface area (Å²) in [5.74, 6) is 0.266. The molecule has 0 spiro atoms. The van der Waals surface area contributed by atoms with E-state index in [1.165, 1.54) is 22.1 Å². The van der Waals surface area contributed by atoms with E-state index in [2.05, 4.69) is 4.98 Å². The maximum Gasteiger partial charge on any atom is 0.419 e. The van der Waals surface area contributed by atoms with Crippen LogP contribution in [-0.2, 0) is 11.0 Å². The van der Waals surface area contributed by atoms with Crippen molar-refractivity contribution in [1.29, 1.82) is 0 Å². The number of alkyl halides is 3. The second-order valence-electron chi connectivity index (χ2n) is 10.5. The fourth-order valence-corrected chi connectivity index (χ4v) is 7.89. The predicted molar refractivity (Wildman–Crippen MR) is 113 cm³/mol. The molecule has 10 heteroatoms. The van der Waals surface area contributed by atoms with Crippen LogP contribution in [0.3, 0.4) is 0 Å². The number of anilines is 1. The molecule has 0 aromatic carbocycles. The first kappa shape index (κ1) is 22.3. The number of hydrogen-bond donors (Lipinski definition) is 2. The van der Waals surface area contributed by atoms with Crippen molar-refractivity contribution < 1.29 is 27.9 Å². The molecule has 0 radical (unpaired) electrons. The molecule has 2 heterocycles. The summed E-state index contributed by atoms with van der Waals surface area (Å²) in [5.41, 5.74) is 4.48. The van der Waals surface area contributed by atoms with Crippen LogP contribution in [0.5, 0.6) is 0 Å². The number of primary amides is 1. The van der Waals surface area contributed by atoms with Gasteiger partial charge in [-0.3, -0.25) is 4.79 Å². The van der Waals surface area contributed by atoms with Gasteiger partial charge in [-0.2, -0.15) is 13.2 Å². The number of carbonyl (C=O) groups is 2. The highest BCUT2D eigenvalue weighted by Crippen LogP contribution is 2.64. The smallest absolute Gasteiger partial charge is 0.419 e. The van der Waals surface area contributed by atoms with Gasteiger partial charge in [-0.15, -0.1) is 0 Å². The average molecular weight is 467 g/mol. The molecule has 6 rings (SSSR count). The standard InChI is InChI=1S/C23H29F3N4O3/c1-29(19-15(23(24,25)26)3-2-5-28-19)16-4-6-30(21(32)33)18(16)17-13-7-12-8-14(17)11-22(9-12,10-13)20(27)31/h2-3,5,12-14,16-18H,4,6-11H2,1H3,(H2,27,31)(H,32,33)/t12?,13-,14+,16?,17?,18?,22?. The van der Waals surface area contributed by atoms with Crippen molar-refractivity contribution in [2.24, 2.45) is 34.8 Å². The van der Waals surface area contributed by atoms with Gasteiger partial charge < -0.3 is 20.6 Å². The molecule has 1 saturated heterocycles. The Balaban J connectivity index is 1.51. The molecule has 1 aromatic heterocycles. The van der Waals surface area contributed by atoms with E-state index in [0.717, 1.165) is 25.3 Å². The van der Waals surface area contributed by atoms with Crippen LogP contribution in [-0.4, -0.2) is 52.7 Å². The number of carboxylic acid groups (broad SMARTS) is 1. The minimum atomic E-state index is -4.56. The van der Waals surface area contributed by atoms with Gasteiger partial charge in [-0.1, -0.05) is 0 Å². The number of likely N-dealkylation sites (N-methyl/N-ethyl adjacent to an activating group) is 1. The van der Waals surface area contributed by atoms with Crippen molar-refractivity contribution in [3.63, 3.8) is 0 Å². The van der Waals surface area contributed by atoms with Crippen molar-refractivity contribution in [2.45, 2.75) is 56.8 Å². The Morgan fingerprint density at radius 1 is 1.24 bits per heavy atom. The molecule has 2 amide bonds. The first-order valence-corrected chi connectivity index (χ1v) is 11.6. The van der Waals surface area contributed by atoms with Crippen molar-refractivity contribution in [1.82, 2.24) is 9.88 Å². The van der Waals surface area contributed by atoms with E-state index in [1.54, 1.807) is 7.05 Å². The second kappa shape index (κ2) is 7.50. The van der Waals surface area contributed by atoms with E-state index in [-0.39, 0.29) is 36.0 Å². The van der Waals surface area contributed by atoms with Crippen molar-refractivity contribution in [3.05, 3.63) is 23.9 Å². The van der Waals surface area contributed by atoms with E-state index in [9.17, 15) is 27.9 Å². The maximum absolute atomic E-state index is 13.7. The van der Waals surface area contributed by atoms with Gasteiger partial charge in [-0.25, -0.2) is 9.78 Å². The van der Waals surface area contributed by atoms with E-state index >= 15 is 0 Å². The largest absolute Gasteiger partial charge is 0.465 e. The van der Waals surface area contributed by atoms with Crippen LogP contribution in [0.15, 0.2) is 18.3 Å². The number of nitrogens with zero attached hydrogens (tertiary/aromatic N) is 3. The molecule has 1 aliphatic heterocycles. The molecule has 4 aliphatic carbocycles. The highest BCUT2D eigenvalue weighted by molar-refractivity contribution is 5.81. The van der Waals surface area contributed by atoms with Crippen LogP contribution < -0.4 is 10.6 Å². The lowest BCUT2D eigenvalue weighted by Gasteiger charge is -2.61. The van der Waals surface area contributed by atoms with Crippen molar-refractivity contribution in [3.8, 4) is 0 Å². The SMILES string of the molecule is CN(c1ncccc1C(F)(F)F)C1CCN(C(=O)O)C1C1[C@@H]2CC3C[C@H]1CC(C(N)=O)(C3)C2. The zero-order valence-electron chi connectivity index (χ0n) is 18.5. The van der Waals surface area contributed by atoms with E-state index in [4.69, 9.17) is 5.73 Å². The Labute approximate surface area is 190 Å². The summed E-state index contributed by atoms with van der Waals surface area (Å²) in [5, 5.41) is 9.97. The van der Waals surface area contributed by atoms with E-state index < -0.39 is 35.3 Å². The van der Waals surface area contributed by atoms with Gasteiger partial charge in [0, 0.05) is 25.2 Å². The number of nitrogens with two attached hydrogens (primary N) is 1.